The highest BCUT2D eigenvalue weighted by molar-refractivity contribution is 9.10. The van der Waals surface area contributed by atoms with Gasteiger partial charge < -0.3 is 5.73 Å². The molecule has 8 heteroatoms. The quantitative estimate of drug-likeness (QED) is 0.746. The van der Waals surface area contributed by atoms with E-state index in [0.717, 1.165) is 11.3 Å². The number of aromatic nitrogens is 4. The van der Waals surface area contributed by atoms with Crippen LogP contribution in [0.2, 0.25) is 5.02 Å². The second-order valence-electron chi connectivity index (χ2n) is 4.60. The van der Waals surface area contributed by atoms with Crippen molar-refractivity contribution in [3.8, 4) is 5.69 Å². The predicted octanol–water partition coefficient (Wildman–Crippen LogP) is 3.69. The summed E-state index contributed by atoms with van der Waals surface area (Å²) in [4.78, 5) is 4.35. The fraction of sp³-hybridized carbons (Fsp3) is 0.231. The van der Waals surface area contributed by atoms with Crippen molar-refractivity contribution in [2.45, 2.75) is 20.4 Å². The van der Waals surface area contributed by atoms with Gasteiger partial charge in [-0.2, -0.15) is 5.10 Å². The molecule has 21 heavy (non-hydrogen) atoms. The molecule has 0 amide bonds. The number of aryl methyl sites for hydroxylation is 2. The lowest BCUT2D eigenvalue weighted by atomic mass is 10.3. The number of nitrogens with zero attached hydrogens (tertiary/aromatic N) is 4. The first-order valence-corrected chi connectivity index (χ1v) is 7.47. The van der Waals surface area contributed by atoms with Gasteiger partial charge in [0.25, 0.3) is 0 Å². The molecule has 0 aliphatic carbocycles. The summed E-state index contributed by atoms with van der Waals surface area (Å²) >= 11 is 9.53. The SMILES string of the molecule is CCn1nc(C)c2nc(N)n(-c3c(Cl)cc(F)cc3Br)c21. The van der Waals surface area contributed by atoms with Crippen molar-refractivity contribution in [1.82, 2.24) is 19.3 Å². The van der Waals surface area contributed by atoms with E-state index in [4.69, 9.17) is 17.3 Å². The first-order valence-electron chi connectivity index (χ1n) is 6.30. The number of hydrogen-bond acceptors (Lipinski definition) is 3. The molecule has 2 N–H and O–H groups in total. The lowest BCUT2D eigenvalue weighted by Gasteiger charge is -2.12. The zero-order chi connectivity index (χ0) is 15.3. The third-order valence-electron chi connectivity index (χ3n) is 3.24. The molecule has 110 valence electrons. The average Bonchev–Trinajstić information content (AvgIpc) is 2.87. The number of hydrogen-bond donors (Lipinski definition) is 1. The molecule has 3 aromatic rings. The van der Waals surface area contributed by atoms with Crippen LogP contribution in [0.4, 0.5) is 10.3 Å². The molecule has 5 nitrogen and oxygen atoms in total. The molecule has 0 atom stereocenters. The molecule has 0 aliphatic heterocycles. The van der Waals surface area contributed by atoms with E-state index in [0.29, 0.717) is 22.2 Å². The van der Waals surface area contributed by atoms with Crippen LogP contribution in [0.1, 0.15) is 12.6 Å². The normalized spacial score (nSPS) is 11.5. The number of fused-ring (bicyclic) bond motifs is 1. The van der Waals surface area contributed by atoms with E-state index >= 15 is 0 Å². The van der Waals surface area contributed by atoms with Gasteiger partial charge in [0, 0.05) is 11.0 Å². The van der Waals surface area contributed by atoms with Gasteiger partial charge in [0.05, 0.1) is 16.4 Å². The standard InChI is InChI=1S/C13H12BrClFN5/c1-3-20-12-10(6(2)19-20)18-13(17)21(12)11-8(14)4-7(16)5-9(11)15/h4-5H,3H2,1-2H3,(H2,17,18). The Labute approximate surface area is 133 Å². The lowest BCUT2D eigenvalue weighted by molar-refractivity contribution is 0.626. The molecule has 3 rings (SSSR count). The van der Waals surface area contributed by atoms with Crippen LogP contribution in [-0.2, 0) is 6.54 Å². The summed E-state index contributed by atoms with van der Waals surface area (Å²) in [6.45, 7) is 4.50. The van der Waals surface area contributed by atoms with E-state index in [-0.39, 0.29) is 11.0 Å². The molecule has 0 radical (unpaired) electrons. The van der Waals surface area contributed by atoms with Crippen molar-refractivity contribution < 1.29 is 4.39 Å². The molecule has 0 saturated heterocycles. The number of halogens is 3. The van der Waals surface area contributed by atoms with Crippen LogP contribution in [0.5, 0.6) is 0 Å². The molecule has 2 heterocycles. The molecule has 0 saturated carbocycles. The average molecular weight is 373 g/mol. The van der Waals surface area contributed by atoms with Crippen LogP contribution in [-0.4, -0.2) is 19.3 Å². The number of rotatable bonds is 2. The maximum absolute atomic E-state index is 13.4. The highest BCUT2D eigenvalue weighted by Crippen LogP contribution is 2.35. The lowest BCUT2D eigenvalue weighted by Crippen LogP contribution is -2.08. The summed E-state index contributed by atoms with van der Waals surface area (Å²) in [7, 11) is 0. The second-order valence-corrected chi connectivity index (χ2v) is 5.86. The van der Waals surface area contributed by atoms with Gasteiger partial charge in [-0.15, -0.1) is 0 Å². The highest BCUT2D eigenvalue weighted by Gasteiger charge is 2.21. The van der Waals surface area contributed by atoms with Gasteiger partial charge in [0.2, 0.25) is 5.95 Å². The van der Waals surface area contributed by atoms with Crippen molar-refractivity contribution in [1.29, 1.82) is 0 Å². The van der Waals surface area contributed by atoms with Crippen LogP contribution in [0.15, 0.2) is 16.6 Å². The van der Waals surface area contributed by atoms with Gasteiger partial charge >= 0.3 is 0 Å². The molecule has 0 aliphatic rings. The molecular formula is C13H12BrClFN5. The summed E-state index contributed by atoms with van der Waals surface area (Å²) in [5, 5.41) is 4.66. The Morgan fingerprint density at radius 2 is 2.14 bits per heavy atom. The van der Waals surface area contributed by atoms with Crippen LogP contribution in [0.25, 0.3) is 16.9 Å². The summed E-state index contributed by atoms with van der Waals surface area (Å²) < 4.78 is 17.4. The van der Waals surface area contributed by atoms with E-state index < -0.39 is 5.82 Å². The zero-order valence-electron chi connectivity index (χ0n) is 11.4. The molecule has 0 unspecified atom stereocenters. The minimum atomic E-state index is -0.425. The highest BCUT2D eigenvalue weighted by atomic mass is 79.9. The number of anilines is 1. The Hall–Kier alpha value is -1.60. The second kappa shape index (κ2) is 4.99. The van der Waals surface area contributed by atoms with Crippen molar-refractivity contribution in [3.05, 3.63) is 33.1 Å². The van der Waals surface area contributed by atoms with E-state index in [1.165, 1.54) is 12.1 Å². The van der Waals surface area contributed by atoms with Crippen LogP contribution >= 0.6 is 27.5 Å². The number of nitrogens with two attached hydrogens (primary N) is 1. The minimum absolute atomic E-state index is 0.245. The molecule has 0 spiro atoms. The van der Waals surface area contributed by atoms with Crippen molar-refractivity contribution in [2.24, 2.45) is 0 Å². The van der Waals surface area contributed by atoms with E-state index in [1.54, 1.807) is 9.25 Å². The fourth-order valence-electron chi connectivity index (χ4n) is 2.37. The number of nitrogen functional groups attached to an aromatic ring is 1. The maximum Gasteiger partial charge on any atom is 0.207 e. The van der Waals surface area contributed by atoms with Crippen LogP contribution < -0.4 is 5.73 Å². The predicted molar refractivity (Wildman–Crippen MR) is 84.3 cm³/mol. The Morgan fingerprint density at radius 3 is 2.76 bits per heavy atom. The summed E-state index contributed by atoms with van der Waals surface area (Å²) in [6, 6.07) is 2.58. The van der Waals surface area contributed by atoms with Gasteiger partial charge in [0.15, 0.2) is 5.65 Å². The third-order valence-corrected chi connectivity index (χ3v) is 4.13. The first-order chi connectivity index (χ1) is 9.93. The molecule has 2 aromatic heterocycles. The summed E-state index contributed by atoms with van der Waals surface area (Å²) in [6.07, 6.45) is 0. The largest absolute Gasteiger partial charge is 0.369 e. The van der Waals surface area contributed by atoms with Crippen LogP contribution in [0.3, 0.4) is 0 Å². The third kappa shape index (κ3) is 2.11. The zero-order valence-corrected chi connectivity index (χ0v) is 13.7. The summed E-state index contributed by atoms with van der Waals surface area (Å²) in [5.41, 5.74) is 8.82. The van der Waals surface area contributed by atoms with Gasteiger partial charge in [-0.25, -0.2) is 14.1 Å². The Bertz CT molecular complexity index is 831. The molecule has 0 fully saturated rings. The monoisotopic (exact) mass is 371 g/mol. The van der Waals surface area contributed by atoms with Gasteiger partial charge in [-0.3, -0.25) is 4.57 Å². The van der Waals surface area contributed by atoms with E-state index in [9.17, 15) is 4.39 Å². The van der Waals surface area contributed by atoms with E-state index in [2.05, 4.69) is 26.0 Å². The van der Waals surface area contributed by atoms with Gasteiger partial charge in [-0.1, -0.05) is 11.6 Å². The fourth-order valence-corrected chi connectivity index (χ4v) is 3.39. The topological polar surface area (TPSA) is 61.7 Å². The first kappa shape index (κ1) is 14.3. The van der Waals surface area contributed by atoms with Crippen molar-refractivity contribution >= 4 is 44.6 Å². The summed E-state index contributed by atoms with van der Waals surface area (Å²) in [5.74, 6) is -0.146. The Kier molecular flexibility index (Phi) is 3.41. The van der Waals surface area contributed by atoms with Crippen LogP contribution in [0, 0.1) is 12.7 Å². The van der Waals surface area contributed by atoms with Crippen molar-refractivity contribution in [2.75, 3.05) is 5.73 Å². The maximum atomic E-state index is 13.4. The Morgan fingerprint density at radius 1 is 1.43 bits per heavy atom. The van der Waals surface area contributed by atoms with Crippen molar-refractivity contribution in [3.63, 3.8) is 0 Å². The number of benzene rings is 1. The van der Waals surface area contributed by atoms with E-state index in [1.807, 2.05) is 13.8 Å². The molecule has 0 bridgehead atoms. The Balaban J connectivity index is 2.43. The minimum Gasteiger partial charge on any atom is -0.369 e. The van der Waals surface area contributed by atoms with Gasteiger partial charge in [-0.05, 0) is 41.9 Å². The molecule has 1 aromatic carbocycles. The number of imidazole rings is 1. The molecular weight excluding hydrogens is 361 g/mol. The van der Waals surface area contributed by atoms with Gasteiger partial charge in [0.1, 0.15) is 11.3 Å². The smallest absolute Gasteiger partial charge is 0.207 e.